The summed E-state index contributed by atoms with van der Waals surface area (Å²) in [6.07, 6.45) is -3.11. The van der Waals surface area contributed by atoms with Crippen LogP contribution in [0, 0.1) is 0 Å². The van der Waals surface area contributed by atoms with Gasteiger partial charge in [-0.15, -0.1) is 0 Å². The second kappa shape index (κ2) is 7.91. The highest BCUT2D eigenvalue weighted by Crippen LogP contribution is 2.31. The number of nitrogens with zero attached hydrogens (tertiary/aromatic N) is 2. The first kappa shape index (κ1) is 20.7. The summed E-state index contributed by atoms with van der Waals surface area (Å²) in [5.74, 6) is 0.854. The van der Waals surface area contributed by atoms with Crippen LogP contribution in [0.15, 0.2) is 80.8 Å². The number of anilines is 1. The van der Waals surface area contributed by atoms with Crippen LogP contribution in [-0.2, 0) is 22.6 Å². The molecule has 0 aliphatic heterocycles. The number of benzene rings is 2. The van der Waals surface area contributed by atoms with Crippen molar-refractivity contribution in [2.24, 2.45) is 0 Å². The van der Waals surface area contributed by atoms with E-state index in [1.807, 2.05) is 0 Å². The predicted octanol–water partition coefficient (Wildman–Crippen LogP) is 4.74. The van der Waals surface area contributed by atoms with Crippen molar-refractivity contribution >= 4 is 15.7 Å². The fourth-order valence-electron chi connectivity index (χ4n) is 2.81. The fourth-order valence-corrected chi connectivity index (χ4v) is 3.96. The standard InChI is InChI=1S/C20H14F3N3O4S/c21-20(22,23)14-6-3-7-15(12-14)31(27,28)26-16-8-2-1-5-13(16)11-18-24-19(25-30-18)17-9-4-10-29-17/h1-10,12,26H,11H2. The first-order valence-corrected chi connectivity index (χ1v) is 10.4. The summed E-state index contributed by atoms with van der Waals surface area (Å²) >= 11 is 0. The molecule has 0 unspecified atom stereocenters. The molecule has 160 valence electrons. The van der Waals surface area contributed by atoms with Gasteiger partial charge in [0.2, 0.25) is 11.7 Å². The lowest BCUT2D eigenvalue weighted by atomic mass is 10.1. The molecule has 31 heavy (non-hydrogen) atoms. The molecule has 11 heteroatoms. The lowest BCUT2D eigenvalue weighted by Crippen LogP contribution is -2.15. The molecule has 0 aliphatic carbocycles. The zero-order chi connectivity index (χ0) is 22.1. The average molecular weight is 449 g/mol. The molecule has 0 saturated carbocycles. The molecule has 0 atom stereocenters. The quantitative estimate of drug-likeness (QED) is 0.457. The number of hydrogen-bond acceptors (Lipinski definition) is 6. The lowest BCUT2D eigenvalue weighted by molar-refractivity contribution is -0.137. The minimum absolute atomic E-state index is 0.0923. The second-order valence-corrected chi connectivity index (χ2v) is 8.14. The van der Waals surface area contributed by atoms with E-state index in [0.29, 0.717) is 17.4 Å². The van der Waals surface area contributed by atoms with Crippen LogP contribution in [0.1, 0.15) is 17.0 Å². The van der Waals surface area contributed by atoms with Crippen molar-refractivity contribution in [3.05, 3.63) is 83.9 Å². The third kappa shape index (κ3) is 4.61. The normalized spacial score (nSPS) is 12.1. The number of rotatable bonds is 6. The van der Waals surface area contributed by atoms with Crippen molar-refractivity contribution in [1.82, 2.24) is 10.1 Å². The smallest absolute Gasteiger partial charge is 0.416 e. The molecule has 7 nitrogen and oxygen atoms in total. The summed E-state index contributed by atoms with van der Waals surface area (Å²) in [6.45, 7) is 0. The van der Waals surface area contributed by atoms with Crippen molar-refractivity contribution in [2.45, 2.75) is 17.5 Å². The van der Waals surface area contributed by atoms with Gasteiger partial charge in [0, 0.05) is 0 Å². The summed E-state index contributed by atoms with van der Waals surface area (Å²) in [6, 6.07) is 13.3. The Morgan fingerprint density at radius 1 is 1.00 bits per heavy atom. The zero-order valence-electron chi connectivity index (χ0n) is 15.6. The molecular weight excluding hydrogens is 435 g/mol. The maximum Gasteiger partial charge on any atom is 0.416 e. The number of hydrogen-bond donors (Lipinski definition) is 1. The molecule has 0 fully saturated rings. The van der Waals surface area contributed by atoms with Gasteiger partial charge in [-0.3, -0.25) is 4.72 Å². The third-order valence-corrected chi connectivity index (χ3v) is 5.65. The monoisotopic (exact) mass is 449 g/mol. The lowest BCUT2D eigenvalue weighted by Gasteiger charge is -2.13. The van der Waals surface area contributed by atoms with Crippen LogP contribution < -0.4 is 4.72 Å². The van der Waals surface area contributed by atoms with E-state index < -0.39 is 26.7 Å². The highest BCUT2D eigenvalue weighted by Gasteiger charge is 2.31. The van der Waals surface area contributed by atoms with Gasteiger partial charge < -0.3 is 8.94 Å². The van der Waals surface area contributed by atoms with Crippen LogP contribution in [0.3, 0.4) is 0 Å². The zero-order valence-corrected chi connectivity index (χ0v) is 16.4. The molecule has 0 saturated heterocycles. The molecule has 2 aromatic carbocycles. The Bertz CT molecular complexity index is 1300. The molecule has 0 aliphatic rings. The van der Waals surface area contributed by atoms with Gasteiger partial charge in [-0.2, -0.15) is 18.2 Å². The van der Waals surface area contributed by atoms with E-state index in [4.69, 9.17) is 8.94 Å². The summed E-state index contributed by atoms with van der Waals surface area (Å²) in [7, 11) is -4.27. The van der Waals surface area contributed by atoms with E-state index in [1.165, 1.54) is 12.3 Å². The highest BCUT2D eigenvalue weighted by atomic mass is 32.2. The molecule has 4 aromatic rings. The van der Waals surface area contributed by atoms with Crippen molar-refractivity contribution in [3.8, 4) is 11.6 Å². The molecule has 2 heterocycles. The van der Waals surface area contributed by atoms with Gasteiger partial charge in [-0.05, 0) is 42.0 Å². The minimum Gasteiger partial charge on any atom is -0.461 e. The number of sulfonamides is 1. The Morgan fingerprint density at radius 3 is 2.55 bits per heavy atom. The van der Waals surface area contributed by atoms with Crippen molar-refractivity contribution < 1.29 is 30.5 Å². The van der Waals surface area contributed by atoms with E-state index in [1.54, 1.807) is 30.3 Å². The number of halogens is 3. The molecule has 0 bridgehead atoms. The van der Waals surface area contributed by atoms with Gasteiger partial charge in [0.25, 0.3) is 10.0 Å². The SMILES string of the molecule is O=S(=O)(Nc1ccccc1Cc1nc(-c2ccco2)no1)c1cccc(C(F)(F)F)c1. The van der Waals surface area contributed by atoms with Crippen LogP contribution in [0.25, 0.3) is 11.6 Å². The molecule has 1 N–H and O–H groups in total. The minimum atomic E-state index is -4.66. The first-order chi connectivity index (χ1) is 14.7. The Morgan fingerprint density at radius 2 is 1.81 bits per heavy atom. The van der Waals surface area contributed by atoms with E-state index in [-0.39, 0.29) is 23.8 Å². The van der Waals surface area contributed by atoms with Crippen LogP contribution in [0.5, 0.6) is 0 Å². The highest BCUT2D eigenvalue weighted by molar-refractivity contribution is 7.92. The molecule has 0 amide bonds. The van der Waals surface area contributed by atoms with E-state index in [0.717, 1.165) is 18.2 Å². The van der Waals surface area contributed by atoms with Crippen molar-refractivity contribution in [3.63, 3.8) is 0 Å². The van der Waals surface area contributed by atoms with Gasteiger partial charge in [-0.25, -0.2) is 8.42 Å². The number of nitrogens with one attached hydrogen (secondary N) is 1. The summed E-state index contributed by atoms with van der Waals surface area (Å²) < 4.78 is 77.0. The Labute approximate surface area is 174 Å². The van der Waals surface area contributed by atoms with E-state index in [2.05, 4.69) is 14.9 Å². The maximum atomic E-state index is 12.9. The Kier molecular flexibility index (Phi) is 5.27. The first-order valence-electron chi connectivity index (χ1n) is 8.87. The maximum absolute atomic E-state index is 12.9. The van der Waals surface area contributed by atoms with Gasteiger partial charge in [0.15, 0.2) is 5.76 Å². The van der Waals surface area contributed by atoms with Crippen LogP contribution in [-0.4, -0.2) is 18.6 Å². The van der Waals surface area contributed by atoms with Crippen LogP contribution in [0.2, 0.25) is 0 Å². The van der Waals surface area contributed by atoms with Gasteiger partial charge in [0.1, 0.15) is 0 Å². The fraction of sp³-hybridized carbons (Fsp3) is 0.100. The third-order valence-electron chi connectivity index (χ3n) is 4.28. The van der Waals surface area contributed by atoms with E-state index >= 15 is 0 Å². The topological polar surface area (TPSA) is 98.2 Å². The summed E-state index contributed by atoms with van der Waals surface area (Å²) in [5.41, 5.74) is -0.384. The van der Waals surface area contributed by atoms with Gasteiger partial charge in [-0.1, -0.05) is 29.4 Å². The second-order valence-electron chi connectivity index (χ2n) is 6.45. The largest absolute Gasteiger partial charge is 0.461 e. The molecule has 2 aromatic heterocycles. The molecule has 0 spiro atoms. The predicted molar refractivity (Wildman–Crippen MR) is 104 cm³/mol. The average Bonchev–Trinajstić information content (AvgIpc) is 3.41. The van der Waals surface area contributed by atoms with Gasteiger partial charge in [0.05, 0.1) is 28.8 Å². The Balaban J connectivity index is 1.59. The Hall–Kier alpha value is -3.60. The van der Waals surface area contributed by atoms with Crippen LogP contribution >= 0.6 is 0 Å². The molecule has 0 radical (unpaired) electrons. The number of furan rings is 1. The van der Waals surface area contributed by atoms with Crippen molar-refractivity contribution in [1.29, 1.82) is 0 Å². The molecular formula is C20H14F3N3O4S. The van der Waals surface area contributed by atoms with E-state index in [9.17, 15) is 21.6 Å². The van der Waals surface area contributed by atoms with Gasteiger partial charge >= 0.3 is 6.18 Å². The number of alkyl halides is 3. The molecule has 4 rings (SSSR count). The van der Waals surface area contributed by atoms with Crippen LogP contribution in [0.4, 0.5) is 18.9 Å². The number of para-hydroxylation sites is 1. The van der Waals surface area contributed by atoms with Crippen molar-refractivity contribution in [2.75, 3.05) is 4.72 Å². The summed E-state index contributed by atoms with van der Waals surface area (Å²) in [4.78, 5) is 3.70. The number of aromatic nitrogens is 2. The summed E-state index contributed by atoms with van der Waals surface area (Å²) in [5, 5.41) is 3.81.